The summed E-state index contributed by atoms with van der Waals surface area (Å²) in [5, 5.41) is 11.0. The normalized spacial score (nSPS) is 12.3. The number of amides is 1. The van der Waals surface area contributed by atoms with Gasteiger partial charge >= 0.3 is 0 Å². The Kier molecular flexibility index (Phi) is 4.49. The lowest BCUT2D eigenvalue weighted by atomic mass is 10.3. The molecule has 0 fully saturated rings. The van der Waals surface area contributed by atoms with Crippen molar-refractivity contribution in [2.45, 2.75) is 20.3 Å². The van der Waals surface area contributed by atoms with Gasteiger partial charge in [-0.3, -0.25) is 4.79 Å². The van der Waals surface area contributed by atoms with Gasteiger partial charge in [-0.15, -0.1) is 0 Å². The van der Waals surface area contributed by atoms with Gasteiger partial charge in [-0.2, -0.15) is 0 Å². The summed E-state index contributed by atoms with van der Waals surface area (Å²) in [6.45, 7) is 7.00. The van der Waals surface area contributed by atoms with Crippen molar-refractivity contribution in [2.75, 3.05) is 6.61 Å². The molecule has 0 aliphatic carbocycles. The minimum atomic E-state index is -1.23. The van der Waals surface area contributed by atoms with Gasteiger partial charge in [0.25, 0.3) is 0 Å². The average molecular weight is 159 g/mol. The molecule has 1 amide bonds. The van der Waals surface area contributed by atoms with Gasteiger partial charge in [-0.05, 0) is 13.8 Å². The molecule has 0 aliphatic rings. The van der Waals surface area contributed by atoms with Crippen molar-refractivity contribution in [3.63, 3.8) is 0 Å². The molecule has 11 heavy (non-hydrogen) atoms. The zero-order valence-electron chi connectivity index (χ0n) is 6.76. The summed E-state index contributed by atoms with van der Waals surface area (Å²) in [6.07, 6.45) is -1.23. The van der Waals surface area contributed by atoms with Crippen molar-refractivity contribution in [2.24, 2.45) is 0 Å². The van der Waals surface area contributed by atoms with E-state index >= 15 is 0 Å². The van der Waals surface area contributed by atoms with E-state index in [1.165, 1.54) is 0 Å². The molecule has 1 atom stereocenters. The Morgan fingerprint density at radius 1 is 1.82 bits per heavy atom. The summed E-state index contributed by atoms with van der Waals surface area (Å²) < 4.78 is 4.65. The summed E-state index contributed by atoms with van der Waals surface area (Å²) in [5.74, 6) is -0.411. The summed E-state index contributed by atoms with van der Waals surface area (Å²) in [4.78, 5) is 10.8. The molecule has 1 unspecified atom stereocenters. The molecule has 0 saturated carbocycles. The molecule has 0 rings (SSSR count). The smallest absolute Gasteiger partial charge is 0.250 e. The predicted molar refractivity (Wildman–Crippen MR) is 40.6 cm³/mol. The van der Waals surface area contributed by atoms with E-state index in [0.717, 1.165) is 0 Å². The van der Waals surface area contributed by atoms with Crippen molar-refractivity contribution >= 4 is 5.91 Å². The fourth-order valence-corrected chi connectivity index (χ4v) is 0.435. The maximum atomic E-state index is 10.8. The number of ether oxygens (including phenoxy) is 1. The second-order valence-electron chi connectivity index (χ2n) is 2.06. The molecule has 0 aliphatic heterocycles. The Morgan fingerprint density at radius 2 is 2.36 bits per heavy atom. The first kappa shape index (κ1) is 10.1. The minimum Gasteiger partial charge on any atom is -0.351 e. The van der Waals surface area contributed by atoms with Gasteiger partial charge < -0.3 is 15.2 Å². The quantitative estimate of drug-likeness (QED) is 0.448. The third-order valence-corrected chi connectivity index (χ3v) is 0.967. The third kappa shape index (κ3) is 4.52. The number of aliphatic hydroxyl groups excluding tert-OH is 1. The molecule has 0 aromatic carbocycles. The Bertz CT molecular complexity index is 156. The van der Waals surface area contributed by atoms with Crippen LogP contribution in [0.3, 0.4) is 0 Å². The van der Waals surface area contributed by atoms with Crippen LogP contribution in [-0.2, 0) is 9.53 Å². The number of carbonyl (C=O) groups excluding carboxylic acids is 1. The summed E-state index contributed by atoms with van der Waals surface area (Å²) >= 11 is 0. The van der Waals surface area contributed by atoms with Gasteiger partial charge in [-0.25, -0.2) is 0 Å². The molecule has 0 spiro atoms. The highest BCUT2D eigenvalue weighted by molar-refractivity contribution is 5.92. The number of hydrogen-bond donors (Lipinski definition) is 2. The van der Waals surface area contributed by atoms with Crippen molar-refractivity contribution in [3.05, 3.63) is 12.2 Å². The fraction of sp³-hybridized carbons (Fsp3) is 0.571. The van der Waals surface area contributed by atoms with Crippen molar-refractivity contribution in [1.82, 2.24) is 5.32 Å². The lowest BCUT2D eigenvalue weighted by molar-refractivity contribution is -0.142. The molecule has 2 N–H and O–H groups in total. The first-order valence-electron chi connectivity index (χ1n) is 3.34. The summed E-state index contributed by atoms with van der Waals surface area (Å²) in [6, 6.07) is 0. The molecule has 0 radical (unpaired) electrons. The molecule has 0 saturated heterocycles. The van der Waals surface area contributed by atoms with Crippen molar-refractivity contribution < 1.29 is 14.6 Å². The second kappa shape index (κ2) is 4.87. The molecule has 0 heterocycles. The molecule has 0 bridgehead atoms. The van der Waals surface area contributed by atoms with Crippen LogP contribution in [-0.4, -0.2) is 24.0 Å². The number of rotatable bonds is 4. The molecule has 64 valence electrons. The topological polar surface area (TPSA) is 58.6 Å². The van der Waals surface area contributed by atoms with Gasteiger partial charge in [0.05, 0.1) is 0 Å². The van der Waals surface area contributed by atoms with Gasteiger partial charge in [0.2, 0.25) is 12.3 Å². The zero-order valence-corrected chi connectivity index (χ0v) is 6.76. The Labute approximate surface area is 65.9 Å². The Morgan fingerprint density at radius 3 is 2.73 bits per heavy atom. The SMILES string of the molecule is C=C(C)C(=O)NC(O)OCC. The lowest BCUT2D eigenvalue weighted by Crippen LogP contribution is -2.36. The van der Waals surface area contributed by atoms with Crippen LogP contribution in [0, 0.1) is 0 Å². The first-order chi connectivity index (χ1) is 5.07. The van der Waals surface area contributed by atoms with E-state index in [-0.39, 0.29) is 0 Å². The van der Waals surface area contributed by atoms with Crippen LogP contribution in [0.1, 0.15) is 13.8 Å². The van der Waals surface area contributed by atoms with E-state index in [1.54, 1.807) is 13.8 Å². The standard InChI is InChI=1S/C7H13NO3/c1-4-11-7(10)8-6(9)5(2)3/h7,10H,2,4H2,1,3H3,(H,8,9). The van der Waals surface area contributed by atoms with Crippen LogP contribution in [0.2, 0.25) is 0 Å². The minimum absolute atomic E-state index is 0.337. The van der Waals surface area contributed by atoms with E-state index in [4.69, 9.17) is 5.11 Å². The predicted octanol–water partition coefficient (Wildman–Crippen LogP) is -0.00890. The molecule has 0 aromatic rings. The van der Waals surface area contributed by atoms with Gasteiger partial charge in [0.1, 0.15) is 0 Å². The summed E-state index contributed by atoms with van der Waals surface area (Å²) in [7, 11) is 0. The molecule has 4 heteroatoms. The number of carbonyl (C=O) groups is 1. The maximum absolute atomic E-state index is 10.8. The van der Waals surface area contributed by atoms with Crippen molar-refractivity contribution in [3.8, 4) is 0 Å². The van der Waals surface area contributed by atoms with Crippen LogP contribution in [0.15, 0.2) is 12.2 Å². The second-order valence-corrected chi connectivity index (χ2v) is 2.06. The largest absolute Gasteiger partial charge is 0.351 e. The van der Waals surface area contributed by atoms with E-state index in [1.807, 2.05) is 0 Å². The van der Waals surface area contributed by atoms with E-state index in [0.29, 0.717) is 12.2 Å². The van der Waals surface area contributed by atoms with Gasteiger partial charge in [-0.1, -0.05) is 6.58 Å². The summed E-state index contributed by atoms with van der Waals surface area (Å²) in [5.41, 5.74) is 0.337. The Balaban J connectivity index is 3.66. The van der Waals surface area contributed by atoms with E-state index in [2.05, 4.69) is 16.6 Å². The molecule has 4 nitrogen and oxygen atoms in total. The first-order valence-corrected chi connectivity index (χ1v) is 3.34. The van der Waals surface area contributed by atoms with Crippen LogP contribution >= 0.6 is 0 Å². The number of nitrogens with one attached hydrogen (secondary N) is 1. The van der Waals surface area contributed by atoms with E-state index < -0.39 is 12.3 Å². The maximum Gasteiger partial charge on any atom is 0.250 e. The van der Waals surface area contributed by atoms with E-state index in [9.17, 15) is 4.79 Å². The van der Waals surface area contributed by atoms with Crippen LogP contribution in [0.4, 0.5) is 0 Å². The highest BCUT2D eigenvalue weighted by Crippen LogP contribution is 1.88. The Hall–Kier alpha value is -0.870. The third-order valence-electron chi connectivity index (χ3n) is 0.967. The van der Waals surface area contributed by atoms with Crippen LogP contribution in [0.5, 0.6) is 0 Å². The molecular formula is C7H13NO3. The highest BCUT2D eigenvalue weighted by atomic mass is 16.6. The van der Waals surface area contributed by atoms with Crippen LogP contribution in [0.25, 0.3) is 0 Å². The highest BCUT2D eigenvalue weighted by Gasteiger charge is 2.07. The number of hydrogen-bond acceptors (Lipinski definition) is 3. The van der Waals surface area contributed by atoms with Crippen LogP contribution < -0.4 is 5.32 Å². The van der Waals surface area contributed by atoms with Crippen molar-refractivity contribution in [1.29, 1.82) is 0 Å². The van der Waals surface area contributed by atoms with Gasteiger partial charge in [0, 0.05) is 12.2 Å². The number of aliphatic hydroxyl groups is 1. The average Bonchev–Trinajstić information content (AvgIpc) is 1.87. The molecule has 0 aromatic heterocycles. The van der Waals surface area contributed by atoms with Gasteiger partial charge in [0.15, 0.2) is 0 Å². The molecular weight excluding hydrogens is 146 g/mol. The zero-order chi connectivity index (χ0) is 8.85. The fourth-order valence-electron chi connectivity index (χ4n) is 0.435. The lowest BCUT2D eigenvalue weighted by Gasteiger charge is -2.11. The monoisotopic (exact) mass is 159 g/mol.